The first kappa shape index (κ1) is 16.6. The number of ether oxygens (including phenoxy) is 1. The molecule has 2 aromatic rings. The van der Waals surface area contributed by atoms with Crippen molar-refractivity contribution in [3.63, 3.8) is 0 Å². The Morgan fingerprint density at radius 2 is 2.17 bits per heavy atom. The molecule has 1 amide bonds. The molecule has 0 spiro atoms. The van der Waals surface area contributed by atoms with E-state index < -0.39 is 0 Å². The first-order chi connectivity index (χ1) is 11.6. The molecule has 0 radical (unpaired) electrons. The topological polar surface area (TPSA) is 64.4 Å². The molecule has 1 aromatic carbocycles. The maximum absolute atomic E-state index is 13.2. The van der Waals surface area contributed by atoms with E-state index in [4.69, 9.17) is 9.26 Å². The lowest BCUT2D eigenvalue weighted by Crippen LogP contribution is -2.36. The van der Waals surface area contributed by atoms with Crippen LogP contribution < -0.4 is 5.32 Å². The molecule has 1 aromatic heterocycles. The Hall–Kier alpha value is -2.21. The van der Waals surface area contributed by atoms with Crippen molar-refractivity contribution in [3.8, 4) is 0 Å². The quantitative estimate of drug-likeness (QED) is 0.912. The van der Waals surface area contributed by atoms with Crippen molar-refractivity contribution >= 4 is 5.91 Å². The number of benzene rings is 1. The molecule has 1 saturated heterocycles. The second kappa shape index (κ2) is 7.13. The highest BCUT2D eigenvalue weighted by Crippen LogP contribution is 2.28. The van der Waals surface area contributed by atoms with Gasteiger partial charge in [-0.05, 0) is 43.9 Å². The van der Waals surface area contributed by atoms with Crippen LogP contribution >= 0.6 is 0 Å². The van der Waals surface area contributed by atoms with Crippen molar-refractivity contribution in [1.82, 2.24) is 10.5 Å². The van der Waals surface area contributed by atoms with E-state index in [-0.39, 0.29) is 23.9 Å². The number of hydrogen-bond donors (Lipinski definition) is 1. The lowest BCUT2D eigenvalue weighted by molar-refractivity contribution is 0.0671. The smallest absolute Gasteiger partial charge is 0.257 e. The van der Waals surface area contributed by atoms with Crippen LogP contribution in [0.1, 0.15) is 53.2 Å². The van der Waals surface area contributed by atoms with Crippen molar-refractivity contribution in [2.75, 3.05) is 6.61 Å². The highest BCUT2D eigenvalue weighted by atomic mass is 19.1. The molecular weight excluding hydrogens is 311 g/mol. The van der Waals surface area contributed by atoms with Gasteiger partial charge in [-0.1, -0.05) is 24.2 Å². The van der Waals surface area contributed by atoms with Gasteiger partial charge in [-0.25, -0.2) is 4.39 Å². The monoisotopic (exact) mass is 332 g/mol. The molecule has 0 aliphatic carbocycles. The number of nitrogens with one attached hydrogen (secondary N) is 1. The van der Waals surface area contributed by atoms with Gasteiger partial charge in [-0.3, -0.25) is 4.79 Å². The van der Waals surface area contributed by atoms with E-state index in [0.29, 0.717) is 30.0 Å². The number of amides is 1. The Morgan fingerprint density at radius 1 is 1.42 bits per heavy atom. The molecule has 3 rings (SSSR count). The maximum Gasteiger partial charge on any atom is 0.257 e. The summed E-state index contributed by atoms with van der Waals surface area (Å²) in [4.78, 5) is 12.8. The van der Waals surface area contributed by atoms with Crippen molar-refractivity contribution < 1.29 is 18.4 Å². The van der Waals surface area contributed by atoms with Gasteiger partial charge in [0.05, 0.1) is 17.8 Å². The summed E-state index contributed by atoms with van der Waals surface area (Å²) in [5.41, 5.74) is 1.93. The second-order valence-corrected chi connectivity index (χ2v) is 5.97. The van der Waals surface area contributed by atoms with Crippen molar-refractivity contribution in [1.29, 1.82) is 0 Å². The fourth-order valence-electron chi connectivity index (χ4n) is 3.09. The van der Waals surface area contributed by atoms with E-state index in [2.05, 4.69) is 10.5 Å². The minimum Gasteiger partial charge on any atom is -0.376 e. The van der Waals surface area contributed by atoms with Crippen LogP contribution in [0.3, 0.4) is 0 Å². The van der Waals surface area contributed by atoms with Crippen molar-refractivity contribution in [2.45, 2.75) is 45.3 Å². The summed E-state index contributed by atoms with van der Waals surface area (Å²) in [5.74, 6) is -0.0516. The molecule has 0 saturated carbocycles. The molecule has 2 heterocycles. The molecule has 0 bridgehead atoms. The van der Waals surface area contributed by atoms with Gasteiger partial charge in [0.15, 0.2) is 0 Å². The molecule has 1 fully saturated rings. The summed E-state index contributed by atoms with van der Waals surface area (Å²) in [6.07, 6.45) is 2.29. The number of hydrogen-bond acceptors (Lipinski definition) is 4. The summed E-state index contributed by atoms with van der Waals surface area (Å²) in [6, 6.07) is 5.82. The standard InChI is InChI=1S/C18H21FN2O3/c1-3-14-16(11(2)24-21-14)18(22)20-17(15-5-4-10-23-15)12-6-8-13(19)9-7-12/h6-9,15,17H,3-5,10H2,1-2H3,(H,20,22)/t15-,17-/m1/s1. The van der Waals surface area contributed by atoms with Gasteiger partial charge in [0.1, 0.15) is 17.1 Å². The lowest BCUT2D eigenvalue weighted by atomic mass is 9.98. The van der Waals surface area contributed by atoms with Crippen LogP contribution in [0.25, 0.3) is 0 Å². The van der Waals surface area contributed by atoms with E-state index in [1.165, 1.54) is 12.1 Å². The zero-order valence-corrected chi connectivity index (χ0v) is 13.8. The third kappa shape index (κ3) is 3.33. The van der Waals surface area contributed by atoms with Gasteiger partial charge in [0, 0.05) is 6.61 Å². The molecule has 1 N–H and O–H groups in total. The minimum absolute atomic E-state index is 0.121. The van der Waals surface area contributed by atoms with E-state index in [9.17, 15) is 9.18 Å². The third-order valence-corrected chi connectivity index (χ3v) is 4.35. The van der Waals surface area contributed by atoms with Crippen molar-refractivity contribution in [3.05, 3.63) is 52.7 Å². The normalized spacial score (nSPS) is 18.5. The molecule has 1 aliphatic heterocycles. The Labute approximate surface area is 140 Å². The number of halogens is 1. The first-order valence-electron chi connectivity index (χ1n) is 8.23. The number of nitrogens with zero attached hydrogens (tertiary/aromatic N) is 1. The summed E-state index contributed by atoms with van der Waals surface area (Å²) < 4.78 is 24.1. The maximum atomic E-state index is 13.2. The van der Waals surface area contributed by atoms with E-state index in [1.807, 2.05) is 6.92 Å². The Kier molecular flexibility index (Phi) is 4.94. The third-order valence-electron chi connectivity index (χ3n) is 4.35. The number of carbonyl (C=O) groups is 1. The highest BCUT2D eigenvalue weighted by Gasteiger charge is 2.30. The van der Waals surface area contributed by atoms with Gasteiger partial charge in [0.2, 0.25) is 0 Å². The molecule has 0 unspecified atom stereocenters. The zero-order valence-electron chi connectivity index (χ0n) is 13.8. The number of rotatable bonds is 5. The van der Waals surface area contributed by atoms with Crippen LogP contribution in [-0.4, -0.2) is 23.8 Å². The predicted molar refractivity (Wildman–Crippen MR) is 86.2 cm³/mol. The van der Waals surface area contributed by atoms with Crippen LogP contribution in [0.2, 0.25) is 0 Å². The number of carbonyl (C=O) groups excluding carboxylic acids is 1. The zero-order chi connectivity index (χ0) is 17.1. The number of aryl methyl sites for hydroxylation is 2. The molecular formula is C18H21FN2O3. The van der Waals surface area contributed by atoms with Crippen LogP contribution in [0.4, 0.5) is 4.39 Å². The highest BCUT2D eigenvalue weighted by molar-refractivity contribution is 5.96. The van der Waals surface area contributed by atoms with Crippen LogP contribution in [0.5, 0.6) is 0 Å². The van der Waals surface area contributed by atoms with Crippen LogP contribution in [0.15, 0.2) is 28.8 Å². The van der Waals surface area contributed by atoms with E-state index in [1.54, 1.807) is 19.1 Å². The molecule has 1 aliphatic rings. The fourth-order valence-corrected chi connectivity index (χ4v) is 3.09. The van der Waals surface area contributed by atoms with E-state index >= 15 is 0 Å². The summed E-state index contributed by atoms with van der Waals surface area (Å²) in [5, 5.41) is 6.95. The fraction of sp³-hybridized carbons (Fsp3) is 0.444. The summed E-state index contributed by atoms with van der Waals surface area (Å²) >= 11 is 0. The minimum atomic E-state index is -0.334. The molecule has 24 heavy (non-hydrogen) atoms. The average molecular weight is 332 g/mol. The van der Waals surface area contributed by atoms with Gasteiger partial charge >= 0.3 is 0 Å². The van der Waals surface area contributed by atoms with Gasteiger partial charge in [0.25, 0.3) is 5.91 Å². The van der Waals surface area contributed by atoms with Crippen molar-refractivity contribution in [2.24, 2.45) is 0 Å². The Bertz CT molecular complexity index is 706. The van der Waals surface area contributed by atoms with Gasteiger partial charge < -0.3 is 14.6 Å². The average Bonchev–Trinajstić information content (AvgIpc) is 3.23. The molecule has 6 heteroatoms. The van der Waals surface area contributed by atoms with Gasteiger partial charge in [-0.15, -0.1) is 0 Å². The van der Waals surface area contributed by atoms with E-state index in [0.717, 1.165) is 18.4 Å². The summed E-state index contributed by atoms with van der Waals surface area (Å²) in [6.45, 7) is 4.32. The second-order valence-electron chi connectivity index (χ2n) is 5.97. The Balaban J connectivity index is 1.87. The SMILES string of the molecule is CCc1noc(C)c1C(=O)N[C@H](c1ccc(F)cc1)[C@H]1CCCO1. The first-order valence-corrected chi connectivity index (χ1v) is 8.23. The molecule has 5 nitrogen and oxygen atoms in total. The van der Waals surface area contributed by atoms with Crippen LogP contribution in [-0.2, 0) is 11.2 Å². The largest absolute Gasteiger partial charge is 0.376 e. The summed E-state index contributed by atoms with van der Waals surface area (Å²) in [7, 11) is 0. The molecule has 2 atom stereocenters. The number of aromatic nitrogens is 1. The molecule has 128 valence electrons. The predicted octanol–water partition coefficient (Wildman–Crippen LogP) is 3.33. The van der Waals surface area contributed by atoms with Gasteiger partial charge in [-0.2, -0.15) is 0 Å². The Morgan fingerprint density at radius 3 is 2.79 bits per heavy atom. The lowest BCUT2D eigenvalue weighted by Gasteiger charge is -2.24. The van der Waals surface area contributed by atoms with Crippen LogP contribution in [0, 0.1) is 12.7 Å².